The van der Waals surface area contributed by atoms with Crippen molar-refractivity contribution in [3.05, 3.63) is 59.7 Å². The Bertz CT molecular complexity index is 798. The van der Waals surface area contributed by atoms with E-state index in [-0.39, 0.29) is 24.0 Å². The zero-order valence-electron chi connectivity index (χ0n) is 17.5. The fourth-order valence-electron chi connectivity index (χ4n) is 3.40. The third-order valence-corrected chi connectivity index (χ3v) is 5.26. The van der Waals surface area contributed by atoms with Gasteiger partial charge in [-0.25, -0.2) is 0 Å². The van der Waals surface area contributed by atoms with Crippen LogP contribution in [0.4, 0.5) is 0 Å². The lowest BCUT2D eigenvalue weighted by Crippen LogP contribution is -2.52. The number of piperazine rings is 1. The molecule has 1 N–H and O–H groups in total. The second-order valence-corrected chi connectivity index (χ2v) is 7.50. The van der Waals surface area contributed by atoms with Gasteiger partial charge in [-0.05, 0) is 17.7 Å². The van der Waals surface area contributed by atoms with Crippen LogP contribution in [0.1, 0.15) is 18.3 Å². The Kier molecular flexibility index (Phi) is 10.6. The Morgan fingerprint density at radius 2 is 1.97 bits per heavy atom. The summed E-state index contributed by atoms with van der Waals surface area (Å²) in [6.45, 7) is 12.9. The molecule has 1 saturated heterocycles. The van der Waals surface area contributed by atoms with Gasteiger partial charge in [0.25, 0.3) is 0 Å². The minimum absolute atomic E-state index is 0. The average molecular weight is 544 g/mol. The van der Waals surface area contributed by atoms with Crippen LogP contribution in [0.3, 0.4) is 0 Å². The highest BCUT2D eigenvalue weighted by Gasteiger charge is 2.19. The quantitative estimate of drug-likeness (QED) is 0.240. The van der Waals surface area contributed by atoms with E-state index in [4.69, 9.17) is 16.6 Å². The van der Waals surface area contributed by atoms with Crippen molar-refractivity contribution in [1.82, 2.24) is 29.9 Å². The van der Waals surface area contributed by atoms with Gasteiger partial charge in [-0.15, -0.1) is 40.8 Å². The van der Waals surface area contributed by atoms with E-state index in [9.17, 15) is 0 Å². The number of nitrogens with one attached hydrogen (secondary N) is 1. The lowest BCUT2D eigenvalue weighted by atomic mass is 10.2. The van der Waals surface area contributed by atoms with Crippen LogP contribution in [0.15, 0.2) is 48.2 Å². The average Bonchev–Trinajstić information content (AvgIpc) is 3.20. The number of aromatic nitrogens is 3. The molecule has 3 rings (SSSR count). The number of guanidine groups is 1. The molecule has 1 aliphatic heterocycles. The van der Waals surface area contributed by atoms with Gasteiger partial charge in [0.1, 0.15) is 12.2 Å². The van der Waals surface area contributed by atoms with Crippen molar-refractivity contribution in [2.24, 2.45) is 4.99 Å². The van der Waals surface area contributed by atoms with Crippen LogP contribution in [0.25, 0.3) is 0 Å². The van der Waals surface area contributed by atoms with Crippen molar-refractivity contribution in [3.8, 4) is 0 Å². The van der Waals surface area contributed by atoms with E-state index in [2.05, 4.69) is 55.5 Å². The first kappa shape index (κ1) is 24.6. The van der Waals surface area contributed by atoms with Crippen molar-refractivity contribution in [2.75, 3.05) is 39.3 Å². The molecule has 0 atom stereocenters. The molecule has 0 spiro atoms. The molecule has 0 saturated carbocycles. The number of aryl methyl sites for hydroxylation is 1. The van der Waals surface area contributed by atoms with Crippen molar-refractivity contribution >= 4 is 41.5 Å². The Labute approximate surface area is 201 Å². The highest BCUT2D eigenvalue weighted by atomic mass is 127. The van der Waals surface area contributed by atoms with E-state index in [0.717, 1.165) is 62.5 Å². The summed E-state index contributed by atoms with van der Waals surface area (Å²) in [5.41, 5.74) is 1.29. The van der Waals surface area contributed by atoms with Gasteiger partial charge in [0.15, 0.2) is 5.96 Å². The number of benzene rings is 1. The van der Waals surface area contributed by atoms with Gasteiger partial charge in [0.05, 0.1) is 6.54 Å². The van der Waals surface area contributed by atoms with Gasteiger partial charge < -0.3 is 14.8 Å². The molecule has 0 amide bonds. The van der Waals surface area contributed by atoms with Gasteiger partial charge in [0, 0.05) is 57.3 Å². The summed E-state index contributed by atoms with van der Waals surface area (Å²) >= 11 is 5.99. The van der Waals surface area contributed by atoms with E-state index >= 15 is 0 Å². The Morgan fingerprint density at radius 3 is 2.63 bits per heavy atom. The van der Waals surface area contributed by atoms with Crippen LogP contribution in [0.5, 0.6) is 0 Å². The zero-order chi connectivity index (χ0) is 20.5. The van der Waals surface area contributed by atoms with Crippen LogP contribution >= 0.6 is 35.6 Å². The molecule has 0 aliphatic carbocycles. The Morgan fingerprint density at radius 1 is 1.23 bits per heavy atom. The molecule has 7 nitrogen and oxygen atoms in total. The van der Waals surface area contributed by atoms with Gasteiger partial charge in [-0.3, -0.25) is 9.89 Å². The number of hydrogen-bond acceptors (Lipinski definition) is 4. The number of aliphatic imine (C=N–C) groups is 1. The standard InChI is InChI=1S/C21H30ClN7.HI/c1-3-9-23-21(24-10-11-29-17-25-26-20(29)4-2)28-14-12-27(13-15-28)16-18-5-7-19(22)8-6-18;/h3,5-8,17H,1,4,9-16H2,2H3,(H,23,24);1H. The second-order valence-electron chi connectivity index (χ2n) is 7.06. The lowest BCUT2D eigenvalue weighted by molar-refractivity contribution is 0.172. The molecular formula is C21H31ClIN7. The van der Waals surface area contributed by atoms with E-state index in [1.807, 2.05) is 18.2 Å². The van der Waals surface area contributed by atoms with Crippen LogP contribution in [0, 0.1) is 0 Å². The summed E-state index contributed by atoms with van der Waals surface area (Å²) in [6.07, 6.45) is 4.52. The van der Waals surface area contributed by atoms with Crippen molar-refractivity contribution in [3.63, 3.8) is 0 Å². The zero-order valence-corrected chi connectivity index (χ0v) is 20.6. The van der Waals surface area contributed by atoms with Gasteiger partial charge in [-0.2, -0.15) is 0 Å². The smallest absolute Gasteiger partial charge is 0.194 e. The van der Waals surface area contributed by atoms with E-state index < -0.39 is 0 Å². The molecule has 1 aromatic carbocycles. The van der Waals surface area contributed by atoms with Crippen molar-refractivity contribution < 1.29 is 0 Å². The summed E-state index contributed by atoms with van der Waals surface area (Å²) < 4.78 is 2.07. The molecular weight excluding hydrogens is 513 g/mol. The molecule has 1 fully saturated rings. The summed E-state index contributed by atoms with van der Waals surface area (Å²) in [5, 5.41) is 12.3. The molecule has 164 valence electrons. The molecule has 30 heavy (non-hydrogen) atoms. The maximum absolute atomic E-state index is 5.99. The van der Waals surface area contributed by atoms with E-state index in [0.29, 0.717) is 13.1 Å². The first-order valence-electron chi connectivity index (χ1n) is 10.2. The maximum atomic E-state index is 5.99. The number of hydrogen-bond donors (Lipinski definition) is 1. The Balaban J connectivity index is 0.00000320. The fourth-order valence-corrected chi connectivity index (χ4v) is 3.53. The molecule has 2 heterocycles. The molecule has 0 radical (unpaired) electrons. The molecule has 1 aromatic heterocycles. The van der Waals surface area contributed by atoms with Gasteiger partial charge in [0.2, 0.25) is 0 Å². The van der Waals surface area contributed by atoms with E-state index in [1.165, 1.54) is 5.56 Å². The highest BCUT2D eigenvalue weighted by molar-refractivity contribution is 14.0. The van der Waals surface area contributed by atoms with Crippen molar-refractivity contribution in [2.45, 2.75) is 26.4 Å². The predicted octanol–water partition coefficient (Wildman–Crippen LogP) is 3.06. The molecule has 0 unspecified atom stereocenters. The lowest BCUT2D eigenvalue weighted by Gasteiger charge is -2.36. The van der Waals surface area contributed by atoms with Crippen LogP contribution in [-0.4, -0.2) is 69.8 Å². The number of rotatable bonds is 8. The fraction of sp³-hybridized carbons (Fsp3) is 0.476. The number of halogens is 2. The normalized spacial score (nSPS) is 15.0. The minimum Gasteiger partial charge on any atom is -0.353 e. The third-order valence-electron chi connectivity index (χ3n) is 5.01. The van der Waals surface area contributed by atoms with E-state index in [1.54, 1.807) is 6.33 Å². The summed E-state index contributed by atoms with van der Waals surface area (Å²) in [4.78, 5) is 9.62. The molecule has 9 heteroatoms. The molecule has 2 aromatic rings. The minimum atomic E-state index is 0. The SMILES string of the molecule is C=CCNC(=NCCn1cnnc1CC)N1CCN(Cc2ccc(Cl)cc2)CC1.I. The summed E-state index contributed by atoms with van der Waals surface area (Å²) in [6, 6.07) is 8.11. The third kappa shape index (κ3) is 7.24. The second kappa shape index (κ2) is 12.9. The Hall–Kier alpha value is -1.65. The van der Waals surface area contributed by atoms with Gasteiger partial charge in [-0.1, -0.05) is 36.7 Å². The maximum Gasteiger partial charge on any atom is 0.194 e. The highest BCUT2D eigenvalue weighted by Crippen LogP contribution is 2.13. The summed E-state index contributed by atoms with van der Waals surface area (Å²) in [7, 11) is 0. The largest absolute Gasteiger partial charge is 0.353 e. The molecule has 0 bridgehead atoms. The topological polar surface area (TPSA) is 61.6 Å². The number of nitrogens with zero attached hydrogens (tertiary/aromatic N) is 6. The van der Waals surface area contributed by atoms with Crippen LogP contribution in [0.2, 0.25) is 5.02 Å². The monoisotopic (exact) mass is 543 g/mol. The van der Waals surface area contributed by atoms with Crippen LogP contribution in [-0.2, 0) is 19.5 Å². The van der Waals surface area contributed by atoms with Crippen LogP contribution < -0.4 is 5.32 Å². The first-order chi connectivity index (χ1) is 14.2. The predicted molar refractivity (Wildman–Crippen MR) is 134 cm³/mol. The van der Waals surface area contributed by atoms with Gasteiger partial charge >= 0.3 is 0 Å². The first-order valence-corrected chi connectivity index (χ1v) is 10.5. The molecule has 1 aliphatic rings. The summed E-state index contributed by atoms with van der Waals surface area (Å²) in [5.74, 6) is 1.94. The van der Waals surface area contributed by atoms with Crippen molar-refractivity contribution in [1.29, 1.82) is 0 Å².